The lowest BCUT2D eigenvalue weighted by molar-refractivity contribution is 0.835. The van der Waals surface area contributed by atoms with Gasteiger partial charge in [0.15, 0.2) is 0 Å². The highest BCUT2D eigenvalue weighted by molar-refractivity contribution is 7.06. The van der Waals surface area contributed by atoms with Crippen molar-refractivity contribution in [3.8, 4) is 11.1 Å². The minimum atomic E-state index is -2.59. The predicted octanol–water partition coefficient (Wildman–Crippen LogP) is 7.66. The van der Waals surface area contributed by atoms with Crippen LogP contribution in [0.1, 0.15) is 44.4 Å². The van der Waals surface area contributed by atoms with Crippen LogP contribution in [0.2, 0.25) is 5.04 Å². The first-order valence-electron chi connectivity index (χ1n) is 12.7. The van der Waals surface area contributed by atoms with Crippen LogP contribution in [0.15, 0.2) is 132 Å². The summed E-state index contributed by atoms with van der Waals surface area (Å²) in [6.07, 6.45) is 2.62. The minimum absolute atomic E-state index is 0.0703. The van der Waals surface area contributed by atoms with Gasteiger partial charge in [0.2, 0.25) is 0 Å². The maximum absolute atomic E-state index is 2.62. The average molecular weight is 469 g/mol. The Kier molecular flexibility index (Phi) is 5.09. The Morgan fingerprint density at radius 2 is 1.00 bits per heavy atom. The topological polar surface area (TPSA) is 0 Å². The van der Waals surface area contributed by atoms with Crippen molar-refractivity contribution in [1.82, 2.24) is 0 Å². The van der Waals surface area contributed by atoms with E-state index in [1.54, 1.807) is 0 Å². The van der Waals surface area contributed by atoms with Gasteiger partial charge in [-0.05, 0) is 48.6 Å². The molecule has 0 nitrogen and oxygen atoms in total. The lowest BCUT2D eigenvalue weighted by Gasteiger charge is -2.51. The Bertz CT molecular complexity index is 1390. The van der Waals surface area contributed by atoms with Crippen molar-refractivity contribution < 1.29 is 0 Å². The second-order valence-electron chi connectivity index (χ2n) is 10.4. The fraction of sp³-hybridized carbons (Fsp3) is 0.176. The summed E-state index contributed by atoms with van der Waals surface area (Å²) in [6, 6.07) is 41.3. The van der Waals surface area contributed by atoms with Gasteiger partial charge in [0, 0.05) is 10.6 Å². The number of fused-ring (bicyclic) bond motifs is 3. The van der Waals surface area contributed by atoms with Crippen LogP contribution in [0, 0.1) is 0 Å². The summed E-state index contributed by atoms with van der Waals surface area (Å²) in [5.41, 5.74) is 10.5. The lowest BCUT2D eigenvalue weighted by atomic mass is 10.0. The summed E-state index contributed by atoms with van der Waals surface area (Å²) in [6.45, 7) is 9.55. The van der Waals surface area contributed by atoms with E-state index in [-0.39, 0.29) is 5.04 Å². The van der Waals surface area contributed by atoms with Crippen LogP contribution in [0.5, 0.6) is 0 Å². The van der Waals surface area contributed by atoms with Gasteiger partial charge < -0.3 is 0 Å². The van der Waals surface area contributed by atoms with E-state index in [0.29, 0.717) is 5.54 Å². The van der Waals surface area contributed by atoms with Crippen LogP contribution in [0.4, 0.5) is 0 Å². The molecule has 2 aliphatic carbocycles. The molecule has 35 heavy (non-hydrogen) atoms. The van der Waals surface area contributed by atoms with E-state index in [1.807, 2.05) is 0 Å². The van der Waals surface area contributed by atoms with E-state index < -0.39 is 8.07 Å². The summed E-state index contributed by atoms with van der Waals surface area (Å²) in [7, 11) is -2.59. The normalized spacial score (nSPS) is 19.5. The summed E-state index contributed by atoms with van der Waals surface area (Å²) in [5.74, 6) is 0. The molecule has 0 radical (unpaired) electrons. The first kappa shape index (κ1) is 22.1. The summed E-state index contributed by atoms with van der Waals surface area (Å²) in [5, 5.41) is 2.94. The monoisotopic (exact) mass is 468 g/mol. The molecule has 0 aliphatic heterocycles. The van der Waals surface area contributed by atoms with Crippen LogP contribution in [0.3, 0.4) is 0 Å². The van der Waals surface area contributed by atoms with Crippen molar-refractivity contribution in [2.45, 2.75) is 38.3 Å². The van der Waals surface area contributed by atoms with Crippen LogP contribution < -0.4 is 10.4 Å². The molecule has 6 rings (SSSR count). The Morgan fingerprint density at radius 3 is 1.43 bits per heavy atom. The standard InChI is InChI=1S/C34H32Si/c1-24-23-34(4,26(3)25(24)2)35(27-15-7-5-8-16-27,28-17-9-6-10-18-28)33-31-21-13-11-19-29(31)30-20-12-14-22-32(30)33/h5-23,33H,1-4H3. The number of hydrogen-bond acceptors (Lipinski definition) is 0. The van der Waals surface area contributed by atoms with E-state index in [0.717, 1.165) is 0 Å². The van der Waals surface area contributed by atoms with Gasteiger partial charge in [0.1, 0.15) is 8.07 Å². The highest BCUT2D eigenvalue weighted by atomic mass is 28.3. The molecular formula is C34H32Si. The fourth-order valence-electron chi connectivity index (χ4n) is 7.17. The summed E-state index contributed by atoms with van der Waals surface area (Å²) >= 11 is 0. The number of benzene rings is 4. The van der Waals surface area contributed by atoms with E-state index >= 15 is 0 Å². The predicted molar refractivity (Wildman–Crippen MR) is 152 cm³/mol. The quantitative estimate of drug-likeness (QED) is 0.270. The molecule has 1 atom stereocenters. The molecule has 0 saturated carbocycles. The fourth-order valence-corrected chi connectivity index (χ4v) is 14.1. The first-order valence-corrected chi connectivity index (χ1v) is 14.7. The smallest absolute Gasteiger partial charge is 0.0733 e. The Balaban J connectivity index is 1.82. The zero-order valence-corrected chi connectivity index (χ0v) is 22.0. The van der Waals surface area contributed by atoms with Crippen molar-refractivity contribution >= 4 is 18.4 Å². The zero-order chi connectivity index (χ0) is 24.2. The molecular weight excluding hydrogens is 436 g/mol. The van der Waals surface area contributed by atoms with E-state index in [2.05, 4.69) is 143 Å². The SMILES string of the molecule is CC1=CC(C)([Si](c2ccccc2)(c2ccccc2)C2c3ccccc3-c3ccccc32)C(C)=C1C. The number of hydrogen-bond donors (Lipinski definition) is 0. The molecule has 0 bridgehead atoms. The summed E-state index contributed by atoms with van der Waals surface area (Å²) < 4.78 is 0. The van der Waals surface area contributed by atoms with Crippen LogP contribution in [-0.2, 0) is 0 Å². The zero-order valence-electron chi connectivity index (χ0n) is 21.0. The maximum Gasteiger partial charge on any atom is 0.142 e. The molecule has 0 N–H and O–H groups in total. The third kappa shape index (κ3) is 2.91. The van der Waals surface area contributed by atoms with Gasteiger partial charge in [-0.2, -0.15) is 0 Å². The molecule has 1 heteroatoms. The molecule has 0 fully saturated rings. The van der Waals surface area contributed by atoms with Crippen LogP contribution >= 0.6 is 0 Å². The van der Waals surface area contributed by atoms with Crippen molar-refractivity contribution in [2.75, 3.05) is 0 Å². The largest absolute Gasteiger partial charge is 0.142 e. The highest BCUT2D eigenvalue weighted by Crippen LogP contribution is 2.61. The van der Waals surface area contributed by atoms with Crippen molar-refractivity contribution in [2.24, 2.45) is 0 Å². The summed E-state index contributed by atoms with van der Waals surface area (Å²) in [4.78, 5) is 0. The van der Waals surface area contributed by atoms with E-state index in [4.69, 9.17) is 0 Å². The van der Waals surface area contributed by atoms with E-state index in [1.165, 1.54) is 49.3 Å². The molecule has 0 heterocycles. The van der Waals surface area contributed by atoms with Gasteiger partial charge in [-0.15, -0.1) is 0 Å². The minimum Gasteiger partial charge on any atom is -0.0733 e. The Labute approximate surface area is 210 Å². The molecule has 2 aliphatic rings. The molecule has 0 amide bonds. The van der Waals surface area contributed by atoms with Crippen molar-refractivity contribution in [3.63, 3.8) is 0 Å². The van der Waals surface area contributed by atoms with Gasteiger partial charge in [-0.3, -0.25) is 0 Å². The van der Waals surface area contributed by atoms with Crippen molar-refractivity contribution in [3.05, 3.63) is 143 Å². The van der Waals surface area contributed by atoms with Gasteiger partial charge in [0.05, 0.1) is 0 Å². The van der Waals surface area contributed by atoms with Gasteiger partial charge in [-0.25, -0.2) is 0 Å². The number of rotatable bonds is 4. The third-order valence-electron chi connectivity index (χ3n) is 8.98. The van der Waals surface area contributed by atoms with Crippen LogP contribution in [0.25, 0.3) is 11.1 Å². The first-order chi connectivity index (χ1) is 17.0. The van der Waals surface area contributed by atoms with Crippen LogP contribution in [-0.4, -0.2) is 8.07 Å². The molecule has 172 valence electrons. The maximum atomic E-state index is 2.62. The molecule has 0 aromatic heterocycles. The van der Waals surface area contributed by atoms with Gasteiger partial charge in [-0.1, -0.05) is 144 Å². The third-order valence-corrected chi connectivity index (χ3v) is 15.1. The average Bonchev–Trinajstić information content (AvgIpc) is 3.34. The molecule has 4 aromatic carbocycles. The number of allylic oxidation sites excluding steroid dienone is 4. The second-order valence-corrected chi connectivity index (χ2v) is 14.8. The van der Waals surface area contributed by atoms with E-state index in [9.17, 15) is 0 Å². The Morgan fingerprint density at radius 1 is 0.571 bits per heavy atom. The molecule has 0 spiro atoms. The highest BCUT2D eigenvalue weighted by Gasteiger charge is 2.61. The van der Waals surface area contributed by atoms with Crippen molar-refractivity contribution in [1.29, 1.82) is 0 Å². The lowest BCUT2D eigenvalue weighted by Crippen LogP contribution is -2.69. The molecule has 1 unspecified atom stereocenters. The van der Waals surface area contributed by atoms with Gasteiger partial charge >= 0.3 is 0 Å². The molecule has 0 saturated heterocycles. The Hall–Kier alpha value is -3.42. The second kappa shape index (κ2) is 8.07. The molecule has 4 aromatic rings. The van der Waals surface area contributed by atoms with Gasteiger partial charge in [0.25, 0.3) is 0 Å².